The van der Waals surface area contributed by atoms with Crippen LogP contribution in [0.3, 0.4) is 0 Å². The number of nitriles is 1. The number of benzene rings is 1. The molecule has 1 saturated heterocycles. The molecule has 2 rings (SSSR count). The van der Waals surface area contributed by atoms with Gasteiger partial charge in [-0.25, -0.2) is 0 Å². The Morgan fingerprint density at radius 2 is 2.00 bits per heavy atom. The monoisotopic (exact) mass is 348 g/mol. The number of halogens is 2. The highest BCUT2D eigenvalue weighted by atomic mass is 127. The van der Waals surface area contributed by atoms with E-state index < -0.39 is 0 Å². The van der Waals surface area contributed by atoms with Crippen LogP contribution in [0.2, 0.25) is 0 Å². The lowest BCUT2D eigenvalue weighted by Gasteiger charge is -2.24. The molecule has 0 radical (unpaired) electrons. The summed E-state index contributed by atoms with van der Waals surface area (Å²) >= 11 is 2.37. The molecule has 4 heteroatoms. The van der Waals surface area contributed by atoms with E-state index in [1.165, 1.54) is 22.0 Å². The summed E-state index contributed by atoms with van der Waals surface area (Å²) in [6.45, 7) is 2.19. The van der Waals surface area contributed by atoms with Crippen molar-refractivity contribution in [1.82, 2.24) is 5.32 Å². The van der Waals surface area contributed by atoms with Crippen LogP contribution in [0, 0.1) is 14.9 Å². The molecule has 0 amide bonds. The number of nitrogens with one attached hydrogen (secondary N) is 1. The van der Waals surface area contributed by atoms with Crippen LogP contribution in [-0.4, -0.2) is 13.1 Å². The van der Waals surface area contributed by atoms with E-state index in [0.717, 1.165) is 18.7 Å². The molecule has 1 N–H and O–H groups in total. The van der Waals surface area contributed by atoms with Crippen molar-refractivity contribution in [2.45, 2.75) is 18.8 Å². The van der Waals surface area contributed by atoms with Crippen LogP contribution in [0.15, 0.2) is 18.2 Å². The topological polar surface area (TPSA) is 35.8 Å². The van der Waals surface area contributed by atoms with Gasteiger partial charge in [-0.15, -0.1) is 12.4 Å². The molecule has 0 aromatic heterocycles. The Kier molecular flexibility index (Phi) is 5.53. The third-order valence-corrected chi connectivity index (χ3v) is 3.89. The zero-order chi connectivity index (χ0) is 10.7. The minimum atomic E-state index is 0. The molecule has 1 aliphatic rings. The Balaban J connectivity index is 0.00000128. The second-order valence-electron chi connectivity index (χ2n) is 3.87. The lowest BCUT2D eigenvalue weighted by atomic mass is 9.89. The molecule has 0 unspecified atom stereocenters. The van der Waals surface area contributed by atoms with E-state index in [2.05, 4.69) is 46.1 Å². The zero-order valence-corrected chi connectivity index (χ0v) is 11.8. The maximum Gasteiger partial charge on any atom is 0.0991 e. The minimum absolute atomic E-state index is 0. The van der Waals surface area contributed by atoms with E-state index >= 15 is 0 Å². The summed E-state index contributed by atoms with van der Waals surface area (Å²) in [5.74, 6) is 0.631. The van der Waals surface area contributed by atoms with E-state index in [1.807, 2.05) is 6.07 Å². The summed E-state index contributed by atoms with van der Waals surface area (Å²) in [6.07, 6.45) is 2.37. The highest BCUT2D eigenvalue weighted by Gasteiger charge is 2.17. The van der Waals surface area contributed by atoms with Gasteiger partial charge in [0.05, 0.1) is 11.6 Å². The second-order valence-corrected chi connectivity index (χ2v) is 5.03. The maximum absolute atomic E-state index is 8.89. The van der Waals surface area contributed by atoms with Gasteiger partial charge in [0.2, 0.25) is 0 Å². The van der Waals surface area contributed by atoms with E-state index in [4.69, 9.17) is 5.26 Å². The fraction of sp³-hybridized carbons (Fsp3) is 0.417. The van der Waals surface area contributed by atoms with Crippen LogP contribution < -0.4 is 5.32 Å². The summed E-state index contributed by atoms with van der Waals surface area (Å²) in [6, 6.07) is 8.22. The minimum Gasteiger partial charge on any atom is -0.317 e. The van der Waals surface area contributed by atoms with E-state index in [1.54, 1.807) is 0 Å². The number of hydrogen-bond acceptors (Lipinski definition) is 2. The SMILES string of the molecule is Cl.N#Cc1ccc(I)c(C2CCNCC2)c1. The first kappa shape index (κ1) is 13.8. The predicted octanol–water partition coefficient (Wildman–Crippen LogP) is 3.05. The first-order valence-electron chi connectivity index (χ1n) is 5.21. The number of piperidine rings is 1. The fourth-order valence-electron chi connectivity index (χ4n) is 2.06. The zero-order valence-electron chi connectivity index (χ0n) is 8.87. The molecule has 0 spiro atoms. The smallest absolute Gasteiger partial charge is 0.0991 e. The highest BCUT2D eigenvalue weighted by molar-refractivity contribution is 14.1. The molecule has 1 fully saturated rings. The van der Waals surface area contributed by atoms with E-state index in [9.17, 15) is 0 Å². The molecule has 0 bridgehead atoms. The largest absolute Gasteiger partial charge is 0.317 e. The van der Waals surface area contributed by atoms with Crippen LogP contribution in [0.25, 0.3) is 0 Å². The van der Waals surface area contributed by atoms with Crippen LogP contribution in [-0.2, 0) is 0 Å². The summed E-state index contributed by atoms with van der Waals surface area (Å²) in [5.41, 5.74) is 2.14. The molecular weight excluding hydrogens is 335 g/mol. The average Bonchev–Trinajstić information content (AvgIpc) is 2.31. The lowest BCUT2D eigenvalue weighted by Crippen LogP contribution is -2.27. The van der Waals surface area contributed by atoms with Gasteiger partial charge in [0.1, 0.15) is 0 Å². The number of hydrogen-bond donors (Lipinski definition) is 1. The van der Waals surface area contributed by atoms with Crippen LogP contribution >= 0.6 is 35.0 Å². The van der Waals surface area contributed by atoms with Crippen molar-refractivity contribution in [3.05, 3.63) is 32.9 Å². The molecule has 0 saturated carbocycles. The first-order chi connectivity index (χ1) is 7.31. The lowest BCUT2D eigenvalue weighted by molar-refractivity contribution is 0.459. The fourth-order valence-corrected chi connectivity index (χ4v) is 2.83. The molecule has 0 atom stereocenters. The number of nitrogens with zero attached hydrogens (tertiary/aromatic N) is 1. The van der Waals surface area contributed by atoms with Crippen molar-refractivity contribution in [3.8, 4) is 6.07 Å². The van der Waals surface area contributed by atoms with Crippen LogP contribution in [0.1, 0.15) is 29.9 Å². The third-order valence-electron chi connectivity index (χ3n) is 2.90. The Bertz CT molecular complexity index is 394. The summed E-state index contributed by atoms with van der Waals surface area (Å²) in [5, 5.41) is 12.3. The molecule has 1 aromatic rings. The quantitative estimate of drug-likeness (QED) is 0.792. The van der Waals surface area contributed by atoms with Crippen LogP contribution in [0.4, 0.5) is 0 Å². The Morgan fingerprint density at radius 1 is 1.31 bits per heavy atom. The summed E-state index contributed by atoms with van der Waals surface area (Å²) in [4.78, 5) is 0. The van der Waals surface area contributed by atoms with Crippen molar-refractivity contribution >= 4 is 35.0 Å². The average molecular weight is 349 g/mol. The van der Waals surface area contributed by atoms with Gasteiger partial charge < -0.3 is 5.32 Å². The summed E-state index contributed by atoms with van der Waals surface area (Å²) in [7, 11) is 0. The van der Waals surface area contributed by atoms with Gasteiger partial charge in [0, 0.05) is 3.57 Å². The molecule has 0 aliphatic carbocycles. The molecule has 1 aromatic carbocycles. The molecule has 2 nitrogen and oxygen atoms in total. The van der Waals surface area contributed by atoms with Crippen molar-refractivity contribution in [3.63, 3.8) is 0 Å². The normalized spacial score (nSPS) is 16.2. The van der Waals surface area contributed by atoms with Crippen molar-refractivity contribution in [2.24, 2.45) is 0 Å². The van der Waals surface area contributed by atoms with Gasteiger partial charge in [-0.2, -0.15) is 5.26 Å². The van der Waals surface area contributed by atoms with Gasteiger partial charge in [-0.1, -0.05) is 0 Å². The van der Waals surface area contributed by atoms with Crippen molar-refractivity contribution in [1.29, 1.82) is 5.26 Å². The van der Waals surface area contributed by atoms with Crippen LogP contribution in [0.5, 0.6) is 0 Å². The molecule has 1 heterocycles. The first-order valence-corrected chi connectivity index (χ1v) is 6.29. The summed E-state index contributed by atoms with van der Waals surface area (Å²) < 4.78 is 1.29. The van der Waals surface area contributed by atoms with Crippen molar-refractivity contribution < 1.29 is 0 Å². The van der Waals surface area contributed by atoms with E-state index in [-0.39, 0.29) is 12.4 Å². The highest BCUT2D eigenvalue weighted by Crippen LogP contribution is 2.29. The van der Waals surface area contributed by atoms with Gasteiger partial charge in [0.25, 0.3) is 0 Å². The molecular formula is C12H14ClIN2. The van der Waals surface area contributed by atoms with Gasteiger partial charge in [-0.3, -0.25) is 0 Å². The molecule has 86 valence electrons. The third kappa shape index (κ3) is 3.09. The maximum atomic E-state index is 8.89. The standard InChI is InChI=1S/C12H13IN2.ClH/c13-12-2-1-9(8-14)7-11(12)10-3-5-15-6-4-10;/h1-2,7,10,15H,3-6H2;1H. The molecule has 16 heavy (non-hydrogen) atoms. The Hall–Kier alpha value is -0.310. The van der Waals surface area contributed by atoms with Gasteiger partial charge in [-0.05, 0) is 78.2 Å². The van der Waals surface area contributed by atoms with Gasteiger partial charge in [0.15, 0.2) is 0 Å². The second kappa shape index (κ2) is 6.43. The Morgan fingerprint density at radius 3 is 2.62 bits per heavy atom. The Labute approximate surface area is 116 Å². The predicted molar refractivity (Wildman–Crippen MR) is 76.0 cm³/mol. The van der Waals surface area contributed by atoms with E-state index in [0.29, 0.717) is 5.92 Å². The van der Waals surface area contributed by atoms with Gasteiger partial charge >= 0.3 is 0 Å². The number of rotatable bonds is 1. The van der Waals surface area contributed by atoms with Crippen molar-refractivity contribution in [2.75, 3.05) is 13.1 Å². The molecule has 1 aliphatic heterocycles.